The van der Waals surface area contributed by atoms with E-state index in [1.165, 1.54) is 0 Å². The molecule has 16 nitrogen and oxygen atoms in total. The summed E-state index contributed by atoms with van der Waals surface area (Å²) in [6.45, 7) is 1.10. The van der Waals surface area contributed by atoms with Crippen molar-refractivity contribution < 1.29 is 48.9 Å². The first-order valence-corrected chi connectivity index (χ1v) is 10.0. The van der Waals surface area contributed by atoms with Gasteiger partial charge in [0.05, 0.1) is 18.6 Å². The number of nitrogens with two attached hydrogens (primary N) is 3. The predicted molar refractivity (Wildman–Crippen MR) is 112 cm³/mol. The number of aliphatic hydroxyl groups excluding tert-OH is 1. The number of primary amides is 2. The minimum Gasteiger partial charge on any atom is -0.481 e. The molecular formula is C18H30N6O10. The molecule has 16 heteroatoms. The summed E-state index contributed by atoms with van der Waals surface area (Å²) in [6, 6.07) is -6.23. The van der Waals surface area contributed by atoms with Crippen molar-refractivity contribution in [2.75, 3.05) is 0 Å². The van der Waals surface area contributed by atoms with Gasteiger partial charge in [0.2, 0.25) is 29.5 Å². The molecule has 0 radical (unpaired) electrons. The summed E-state index contributed by atoms with van der Waals surface area (Å²) in [4.78, 5) is 81.4. The Morgan fingerprint density at radius 2 is 1.32 bits per heavy atom. The number of nitrogens with one attached hydrogen (secondary N) is 3. The SMILES string of the molecule is CC(O)C(NC(=O)C(CCC(N)=O)NC(=O)C(N)CCC(=O)O)C(=O)NC(CC(N)=O)C(=O)O. The number of carbonyl (C=O) groups is 7. The molecule has 0 aliphatic rings. The van der Waals surface area contributed by atoms with Crippen LogP contribution in [0.3, 0.4) is 0 Å². The van der Waals surface area contributed by atoms with E-state index in [2.05, 4.69) is 10.6 Å². The molecule has 0 aliphatic carbocycles. The molecule has 34 heavy (non-hydrogen) atoms. The van der Waals surface area contributed by atoms with Crippen LogP contribution in [0.4, 0.5) is 0 Å². The maximum Gasteiger partial charge on any atom is 0.326 e. The molecule has 5 atom stereocenters. The highest BCUT2D eigenvalue weighted by Gasteiger charge is 2.33. The van der Waals surface area contributed by atoms with Gasteiger partial charge in [-0.15, -0.1) is 0 Å². The first-order valence-electron chi connectivity index (χ1n) is 10.0. The monoisotopic (exact) mass is 490 g/mol. The zero-order valence-electron chi connectivity index (χ0n) is 18.4. The molecule has 0 aromatic rings. The van der Waals surface area contributed by atoms with Gasteiger partial charge in [-0.05, 0) is 19.8 Å². The van der Waals surface area contributed by atoms with Gasteiger partial charge >= 0.3 is 11.9 Å². The van der Waals surface area contributed by atoms with Crippen molar-refractivity contribution in [3.8, 4) is 0 Å². The molecule has 0 saturated heterocycles. The predicted octanol–water partition coefficient (Wildman–Crippen LogP) is -4.76. The van der Waals surface area contributed by atoms with Crippen molar-refractivity contribution in [2.24, 2.45) is 17.2 Å². The second-order valence-corrected chi connectivity index (χ2v) is 7.40. The molecule has 0 bridgehead atoms. The van der Waals surface area contributed by atoms with E-state index in [9.17, 15) is 38.7 Å². The Hall–Kier alpha value is -3.79. The lowest BCUT2D eigenvalue weighted by Crippen LogP contribution is -2.60. The van der Waals surface area contributed by atoms with Gasteiger partial charge < -0.3 is 48.5 Å². The number of aliphatic carboxylic acids is 2. The van der Waals surface area contributed by atoms with E-state index in [1.807, 2.05) is 5.32 Å². The number of carbonyl (C=O) groups excluding carboxylic acids is 5. The van der Waals surface area contributed by atoms with Crippen LogP contribution in [0.1, 0.15) is 39.0 Å². The lowest BCUT2D eigenvalue weighted by Gasteiger charge is -2.26. The van der Waals surface area contributed by atoms with Crippen LogP contribution in [0.5, 0.6) is 0 Å². The van der Waals surface area contributed by atoms with Crippen LogP contribution < -0.4 is 33.2 Å². The van der Waals surface area contributed by atoms with Gasteiger partial charge in [0.1, 0.15) is 18.1 Å². The van der Waals surface area contributed by atoms with Crippen molar-refractivity contribution >= 4 is 41.5 Å². The minimum absolute atomic E-state index is 0.250. The Morgan fingerprint density at radius 3 is 1.76 bits per heavy atom. The highest BCUT2D eigenvalue weighted by atomic mass is 16.4. The normalized spacial score (nSPS) is 15.0. The highest BCUT2D eigenvalue weighted by Crippen LogP contribution is 2.04. The number of carboxylic acid groups (broad SMARTS) is 2. The molecule has 0 heterocycles. The summed E-state index contributed by atoms with van der Waals surface area (Å²) in [7, 11) is 0. The van der Waals surface area contributed by atoms with Crippen LogP contribution in [-0.2, 0) is 33.6 Å². The van der Waals surface area contributed by atoms with Gasteiger partial charge in [-0.3, -0.25) is 28.8 Å². The number of carboxylic acids is 2. The van der Waals surface area contributed by atoms with E-state index >= 15 is 0 Å². The molecule has 192 valence electrons. The zero-order valence-corrected chi connectivity index (χ0v) is 18.4. The Balaban J connectivity index is 5.48. The average Bonchev–Trinajstić information content (AvgIpc) is 2.71. The Labute approximate surface area is 193 Å². The molecule has 5 unspecified atom stereocenters. The zero-order chi connectivity index (χ0) is 26.6. The Morgan fingerprint density at radius 1 is 0.765 bits per heavy atom. The quantitative estimate of drug-likeness (QED) is 0.0988. The number of amides is 5. The van der Waals surface area contributed by atoms with Crippen molar-refractivity contribution in [1.29, 1.82) is 0 Å². The van der Waals surface area contributed by atoms with E-state index < -0.39 is 84.6 Å². The van der Waals surface area contributed by atoms with Gasteiger partial charge in [0.25, 0.3) is 0 Å². The number of hydrogen-bond donors (Lipinski definition) is 9. The lowest BCUT2D eigenvalue weighted by molar-refractivity contribution is -0.144. The Bertz CT molecular complexity index is 802. The maximum atomic E-state index is 12.7. The third-order valence-corrected chi connectivity index (χ3v) is 4.40. The number of aliphatic hydroxyl groups is 1. The molecule has 12 N–H and O–H groups in total. The minimum atomic E-state index is -1.74. The third kappa shape index (κ3) is 11.7. The van der Waals surface area contributed by atoms with Gasteiger partial charge in [0.15, 0.2) is 0 Å². The third-order valence-electron chi connectivity index (χ3n) is 4.40. The summed E-state index contributed by atoms with van der Waals surface area (Å²) in [5, 5.41) is 34.0. The maximum absolute atomic E-state index is 12.7. The first kappa shape index (κ1) is 30.2. The fourth-order valence-corrected chi connectivity index (χ4v) is 2.57. The van der Waals surface area contributed by atoms with Crippen molar-refractivity contribution in [1.82, 2.24) is 16.0 Å². The fourth-order valence-electron chi connectivity index (χ4n) is 2.57. The summed E-state index contributed by atoms with van der Waals surface area (Å²) in [6.07, 6.45) is -3.68. The van der Waals surface area contributed by atoms with Crippen molar-refractivity contribution in [3.05, 3.63) is 0 Å². The summed E-state index contributed by atoms with van der Waals surface area (Å²) in [5.74, 6) is -7.78. The summed E-state index contributed by atoms with van der Waals surface area (Å²) in [5.41, 5.74) is 15.6. The Kier molecular flexibility index (Phi) is 12.8. The molecule has 0 rings (SSSR count). The largest absolute Gasteiger partial charge is 0.481 e. The molecule has 0 aliphatic heterocycles. The summed E-state index contributed by atoms with van der Waals surface area (Å²) >= 11 is 0. The van der Waals surface area contributed by atoms with Gasteiger partial charge in [-0.1, -0.05) is 0 Å². The lowest BCUT2D eigenvalue weighted by atomic mass is 10.1. The molecule has 0 aromatic heterocycles. The van der Waals surface area contributed by atoms with E-state index in [0.29, 0.717) is 0 Å². The van der Waals surface area contributed by atoms with E-state index in [4.69, 9.17) is 27.4 Å². The van der Waals surface area contributed by atoms with Crippen LogP contribution in [0.2, 0.25) is 0 Å². The highest BCUT2D eigenvalue weighted by molar-refractivity contribution is 5.95. The molecule has 0 fully saturated rings. The molecule has 0 saturated carbocycles. The second kappa shape index (κ2) is 14.4. The smallest absolute Gasteiger partial charge is 0.326 e. The topological polar surface area (TPSA) is 294 Å². The standard InChI is InChI=1S/C18H30N6O10/c1-7(25)14(17(32)23-10(18(33)34)6-12(21)27)24-16(31)9(3-4-11(20)26)22-15(30)8(19)2-5-13(28)29/h7-10,14,25H,2-6,19H2,1H3,(H2,20,26)(H2,21,27)(H,22,30)(H,23,32)(H,24,31)(H,28,29)(H,33,34). The van der Waals surface area contributed by atoms with Crippen LogP contribution in [0, 0.1) is 0 Å². The van der Waals surface area contributed by atoms with E-state index in [-0.39, 0.29) is 19.3 Å². The molecular weight excluding hydrogens is 460 g/mol. The van der Waals surface area contributed by atoms with Crippen LogP contribution >= 0.6 is 0 Å². The molecule has 0 aromatic carbocycles. The van der Waals surface area contributed by atoms with Crippen LogP contribution in [0.25, 0.3) is 0 Å². The number of hydrogen-bond acceptors (Lipinski definition) is 9. The van der Waals surface area contributed by atoms with Gasteiger partial charge in [0, 0.05) is 12.8 Å². The number of rotatable bonds is 16. The van der Waals surface area contributed by atoms with Gasteiger partial charge in [-0.2, -0.15) is 0 Å². The molecule has 5 amide bonds. The van der Waals surface area contributed by atoms with Crippen molar-refractivity contribution in [3.63, 3.8) is 0 Å². The molecule has 0 spiro atoms. The first-order chi connectivity index (χ1) is 15.6. The summed E-state index contributed by atoms with van der Waals surface area (Å²) < 4.78 is 0. The van der Waals surface area contributed by atoms with Gasteiger partial charge in [-0.25, -0.2) is 4.79 Å². The fraction of sp³-hybridized carbons (Fsp3) is 0.611. The average molecular weight is 490 g/mol. The van der Waals surface area contributed by atoms with Crippen LogP contribution in [0.15, 0.2) is 0 Å². The van der Waals surface area contributed by atoms with E-state index in [1.54, 1.807) is 0 Å². The van der Waals surface area contributed by atoms with Crippen molar-refractivity contribution in [2.45, 2.75) is 69.3 Å². The second-order valence-electron chi connectivity index (χ2n) is 7.40. The van der Waals surface area contributed by atoms with Crippen LogP contribution in [-0.4, -0.2) is 87.1 Å². The van der Waals surface area contributed by atoms with E-state index in [0.717, 1.165) is 6.92 Å².